The van der Waals surface area contributed by atoms with Crippen molar-refractivity contribution >= 4 is 39.8 Å². The third-order valence-electron chi connectivity index (χ3n) is 7.48. The molecule has 2 aromatic carbocycles. The summed E-state index contributed by atoms with van der Waals surface area (Å²) in [7, 11) is 4.10. The average molecular weight is 599 g/mol. The van der Waals surface area contributed by atoms with Gasteiger partial charge >= 0.3 is 12.4 Å². The van der Waals surface area contributed by atoms with Crippen LogP contribution in [-0.2, 0) is 23.7 Å². The Kier molecular flexibility index (Phi) is 7.45. The number of hydrogen-bond donors (Lipinski definition) is 1. The van der Waals surface area contributed by atoms with E-state index in [-0.39, 0.29) is 36.7 Å². The molecule has 0 spiro atoms. The van der Waals surface area contributed by atoms with Gasteiger partial charge < -0.3 is 14.5 Å². The van der Waals surface area contributed by atoms with Crippen molar-refractivity contribution in [2.24, 2.45) is 4.99 Å². The van der Waals surface area contributed by atoms with Gasteiger partial charge in [-0.1, -0.05) is 12.1 Å². The van der Waals surface area contributed by atoms with Crippen molar-refractivity contribution in [2.45, 2.75) is 24.9 Å². The molecule has 2 aliphatic rings. The molecule has 0 unspecified atom stereocenters. The lowest BCUT2D eigenvalue weighted by atomic mass is 10.0. The highest BCUT2D eigenvalue weighted by molar-refractivity contribution is 8.18. The summed E-state index contributed by atoms with van der Waals surface area (Å²) in [5.74, 6) is -0.386. The summed E-state index contributed by atoms with van der Waals surface area (Å²) >= 11 is 1.24. The fraction of sp³-hybridized carbons (Fsp3) is 0.370. The highest BCUT2D eigenvalue weighted by Crippen LogP contribution is 2.38. The van der Waals surface area contributed by atoms with E-state index in [9.17, 15) is 36.2 Å². The number of carbonyl (C=O) groups is 1. The number of amidine groups is 1. The Labute approximate surface area is 235 Å². The molecular formula is C27H26F6N5O2S+. The number of nitrogens with zero attached hydrogens (tertiary/aromatic N) is 5. The number of rotatable bonds is 4. The maximum atomic E-state index is 13.6. The number of halogens is 6. The van der Waals surface area contributed by atoms with Gasteiger partial charge in [-0.3, -0.25) is 9.48 Å². The van der Waals surface area contributed by atoms with E-state index in [1.165, 1.54) is 22.6 Å². The Balaban J connectivity index is 1.35. The molecule has 2 aliphatic heterocycles. The minimum atomic E-state index is -4.98. The predicted molar refractivity (Wildman–Crippen MR) is 143 cm³/mol. The summed E-state index contributed by atoms with van der Waals surface area (Å²) in [4.78, 5) is 19.3. The van der Waals surface area contributed by atoms with Crippen LogP contribution < -0.4 is 0 Å². The van der Waals surface area contributed by atoms with Crippen LogP contribution in [0, 0.1) is 0 Å². The van der Waals surface area contributed by atoms with Crippen molar-refractivity contribution in [3.63, 3.8) is 0 Å². The topological polar surface area (TPSA) is 70.7 Å². The van der Waals surface area contributed by atoms with E-state index in [0.29, 0.717) is 50.2 Å². The number of amides is 1. The third-order valence-corrected chi connectivity index (χ3v) is 8.53. The van der Waals surface area contributed by atoms with Crippen molar-refractivity contribution in [3.8, 4) is 0 Å². The van der Waals surface area contributed by atoms with Gasteiger partial charge in [0.15, 0.2) is 5.17 Å². The SMILES string of the molecule is C[N+]1(C)CCN(C2=NC(=O)/C(=C/c3ccc4c(cnn4Cc4ccc(C(F)(F)F)cc4C(F)(F)F)c3)S2)C[C@H]1CO. The zero-order chi connectivity index (χ0) is 29.7. The van der Waals surface area contributed by atoms with Gasteiger partial charge in [0.05, 0.1) is 74.6 Å². The Morgan fingerprint density at radius 2 is 1.85 bits per heavy atom. The van der Waals surface area contributed by atoms with Gasteiger partial charge in [-0.15, -0.1) is 0 Å². The van der Waals surface area contributed by atoms with Crippen LogP contribution in [0.25, 0.3) is 17.0 Å². The van der Waals surface area contributed by atoms with Gasteiger partial charge in [-0.2, -0.15) is 36.4 Å². The molecule has 0 radical (unpaired) electrons. The number of fused-ring (bicyclic) bond motifs is 1. The summed E-state index contributed by atoms with van der Waals surface area (Å²) < 4.78 is 81.8. The molecule has 1 aromatic heterocycles. The van der Waals surface area contributed by atoms with Crippen LogP contribution in [0.2, 0.25) is 0 Å². The largest absolute Gasteiger partial charge is 0.416 e. The van der Waals surface area contributed by atoms with E-state index in [4.69, 9.17) is 0 Å². The van der Waals surface area contributed by atoms with Gasteiger partial charge in [0.25, 0.3) is 5.91 Å². The molecule has 218 valence electrons. The molecule has 41 heavy (non-hydrogen) atoms. The van der Waals surface area contributed by atoms with E-state index in [1.807, 2.05) is 4.90 Å². The summed E-state index contributed by atoms with van der Waals surface area (Å²) in [6.07, 6.45) is -6.76. The number of quaternary nitrogens is 1. The molecule has 1 amide bonds. The van der Waals surface area contributed by atoms with Crippen LogP contribution in [0.5, 0.6) is 0 Å². The number of hydrogen-bond acceptors (Lipinski definition) is 5. The Morgan fingerprint density at radius 1 is 1.10 bits per heavy atom. The lowest BCUT2D eigenvalue weighted by molar-refractivity contribution is -0.919. The average Bonchev–Trinajstić information content (AvgIpc) is 3.45. The lowest BCUT2D eigenvalue weighted by Gasteiger charge is -2.45. The van der Waals surface area contributed by atoms with Crippen LogP contribution >= 0.6 is 11.8 Å². The van der Waals surface area contributed by atoms with Crippen molar-refractivity contribution in [2.75, 3.05) is 40.3 Å². The second kappa shape index (κ2) is 10.5. The maximum Gasteiger partial charge on any atom is 0.416 e. The molecule has 1 N–H and O–H groups in total. The first-order valence-electron chi connectivity index (χ1n) is 12.6. The first-order chi connectivity index (χ1) is 19.2. The van der Waals surface area contributed by atoms with E-state index in [1.54, 1.807) is 24.3 Å². The molecular weight excluding hydrogens is 572 g/mol. The molecule has 1 atom stereocenters. The van der Waals surface area contributed by atoms with Crippen LogP contribution in [-0.4, -0.2) is 81.7 Å². The number of piperazine rings is 1. The van der Waals surface area contributed by atoms with Crippen molar-refractivity contribution < 1.29 is 40.7 Å². The van der Waals surface area contributed by atoms with Crippen molar-refractivity contribution in [1.82, 2.24) is 14.7 Å². The van der Waals surface area contributed by atoms with Gasteiger partial charge in [-0.25, -0.2) is 0 Å². The highest BCUT2D eigenvalue weighted by Gasteiger charge is 2.39. The van der Waals surface area contributed by atoms with Crippen LogP contribution in [0.3, 0.4) is 0 Å². The number of aliphatic imine (C=N–C) groups is 1. The number of thioether (sulfide) groups is 1. The minimum absolute atomic E-state index is 0.0103. The van der Waals surface area contributed by atoms with Crippen molar-refractivity contribution in [3.05, 3.63) is 69.8 Å². The number of aromatic nitrogens is 2. The molecule has 1 saturated heterocycles. The van der Waals surface area contributed by atoms with E-state index in [2.05, 4.69) is 24.2 Å². The first kappa shape index (κ1) is 29.1. The number of likely N-dealkylation sites (N-methyl/N-ethyl adjacent to an activating group) is 1. The molecule has 14 heteroatoms. The highest BCUT2D eigenvalue weighted by atomic mass is 32.2. The summed E-state index contributed by atoms with van der Waals surface area (Å²) in [5, 5.41) is 15.1. The molecule has 1 fully saturated rings. The van der Waals surface area contributed by atoms with Crippen LogP contribution in [0.15, 0.2) is 52.5 Å². The second-order valence-electron chi connectivity index (χ2n) is 10.6. The fourth-order valence-electron chi connectivity index (χ4n) is 4.90. The third kappa shape index (κ3) is 5.99. The van der Waals surface area contributed by atoms with Crippen LogP contribution in [0.4, 0.5) is 26.3 Å². The number of benzene rings is 2. The molecule has 3 aromatic rings. The molecule has 0 bridgehead atoms. The number of alkyl halides is 6. The van der Waals surface area contributed by atoms with Gasteiger partial charge in [-0.05, 0) is 53.2 Å². The molecule has 3 heterocycles. The summed E-state index contributed by atoms with van der Waals surface area (Å²) in [6, 6.07) is 6.59. The van der Waals surface area contributed by atoms with E-state index < -0.39 is 23.5 Å². The van der Waals surface area contributed by atoms with E-state index >= 15 is 0 Å². The Bertz CT molecular complexity index is 1560. The molecule has 7 nitrogen and oxygen atoms in total. The van der Waals surface area contributed by atoms with Gasteiger partial charge in [0.1, 0.15) is 6.04 Å². The molecule has 0 saturated carbocycles. The normalized spacial score (nSPS) is 20.8. The molecule has 5 rings (SSSR count). The molecule has 0 aliphatic carbocycles. The standard InChI is InChI=1S/C27H26F6N5O2S/c1-38(2)8-7-36(14-20(38)15-39)25-35-24(40)23(41-25)10-16-3-6-22-18(9-16)12-34-37(22)13-17-4-5-19(26(28,29)30)11-21(17)27(31,32)33/h3-6,9-12,20,39H,7-8,13-15H2,1-2H3/q+1/b23-10-/t20-/m0/s1. The van der Waals surface area contributed by atoms with Crippen molar-refractivity contribution in [1.29, 1.82) is 0 Å². The van der Waals surface area contributed by atoms with Crippen LogP contribution in [0.1, 0.15) is 22.3 Å². The zero-order valence-corrected chi connectivity index (χ0v) is 22.8. The van der Waals surface area contributed by atoms with E-state index in [0.717, 1.165) is 12.6 Å². The lowest BCUT2D eigenvalue weighted by Crippen LogP contribution is -2.63. The monoisotopic (exact) mass is 598 g/mol. The second-order valence-corrected chi connectivity index (χ2v) is 11.6. The quantitative estimate of drug-likeness (QED) is 0.264. The fourth-order valence-corrected chi connectivity index (χ4v) is 5.85. The number of aliphatic hydroxyl groups is 1. The Morgan fingerprint density at radius 3 is 2.54 bits per heavy atom. The predicted octanol–water partition coefficient (Wildman–Crippen LogP) is 4.85. The first-order valence-corrected chi connectivity index (χ1v) is 13.4. The number of aliphatic hydroxyl groups excluding tert-OH is 1. The zero-order valence-electron chi connectivity index (χ0n) is 22.0. The van der Waals surface area contributed by atoms with Gasteiger partial charge in [0.2, 0.25) is 0 Å². The Hall–Kier alpha value is -3.36. The summed E-state index contributed by atoms with van der Waals surface area (Å²) in [5.41, 5.74) is -1.96. The number of carbonyl (C=O) groups excluding carboxylic acids is 1. The minimum Gasteiger partial charge on any atom is -0.390 e. The maximum absolute atomic E-state index is 13.6. The van der Waals surface area contributed by atoms with Gasteiger partial charge in [0, 0.05) is 5.39 Å². The smallest absolute Gasteiger partial charge is 0.390 e. The summed E-state index contributed by atoms with van der Waals surface area (Å²) in [6.45, 7) is 1.67.